The Morgan fingerprint density at radius 2 is 1.73 bits per heavy atom. The first-order valence-corrected chi connectivity index (χ1v) is 14.4. The average Bonchev–Trinajstić information content (AvgIpc) is 3.37. The lowest BCUT2D eigenvalue weighted by molar-refractivity contribution is -0.151. The first-order chi connectivity index (χ1) is 19.1. The molecule has 2 fully saturated rings. The number of carbonyl (C=O) groups excluding carboxylic acids is 1. The van der Waals surface area contributed by atoms with Crippen LogP contribution in [0.2, 0.25) is 0 Å². The molecule has 1 saturated heterocycles. The quantitative estimate of drug-likeness (QED) is 0.427. The summed E-state index contributed by atoms with van der Waals surface area (Å²) < 4.78 is 11.6. The highest BCUT2D eigenvalue weighted by molar-refractivity contribution is 6.08. The summed E-state index contributed by atoms with van der Waals surface area (Å²) in [6.45, 7) is 7.38. The Morgan fingerprint density at radius 3 is 2.38 bits per heavy atom. The van der Waals surface area contributed by atoms with E-state index < -0.39 is 11.5 Å². The minimum atomic E-state index is -1.32. The molecule has 0 bridgehead atoms. The maximum absolute atomic E-state index is 13.4. The van der Waals surface area contributed by atoms with Gasteiger partial charge in [-0.2, -0.15) is 0 Å². The predicted octanol–water partition coefficient (Wildman–Crippen LogP) is 6.29. The molecule has 0 aromatic heterocycles. The van der Waals surface area contributed by atoms with Gasteiger partial charge in [-0.15, -0.1) is 0 Å². The van der Waals surface area contributed by atoms with Crippen molar-refractivity contribution in [2.24, 2.45) is 10.9 Å². The van der Waals surface area contributed by atoms with Gasteiger partial charge >= 0.3 is 5.97 Å². The Hall–Kier alpha value is -3.45. The van der Waals surface area contributed by atoms with Crippen LogP contribution in [0.3, 0.4) is 0 Å². The fraction of sp³-hybridized carbons (Fsp3) is 0.485. The molecule has 1 saturated carbocycles. The number of hydrogen-bond donors (Lipinski definition) is 2. The van der Waals surface area contributed by atoms with Crippen LogP contribution < -0.4 is 10.1 Å². The van der Waals surface area contributed by atoms with Crippen molar-refractivity contribution in [3.05, 3.63) is 64.7 Å². The fourth-order valence-corrected chi connectivity index (χ4v) is 5.84. The van der Waals surface area contributed by atoms with E-state index in [1.807, 2.05) is 36.4 Å². The third-order valence-corrected chi connectivity index (χ3v) is 8.42. The molecule has 3 aliphatic rings. The summed E-state index contributed by atoms with van der Waals surface area (Å²) in [5, 5.41) is 12.8. The highest BCUT2D eigenvalue weighted by Crippen LogP contribution is 2.34. The van der Waals surface area contributed by atoms with Crippen molar-refractivity contribution in [1.82, 2.24) is 5.32 Å². The molecule has 40 heavy (non-hydrogen) atoms. The largest absolute Gasteiger partial charge is 0.480 e. The Bertz CT molecular complexity index is 1310. The average molecular weight is 545 g/mol. The SMILES string of the molecule is CC(C)(C)c1ccc(Oc2ccc3c(c2)C(CC2CCCC2)=NCC(C(=O)NC2(C(=O)O)CCOCC2)=C3)cc1. The normalized spacial score (nSPS) is 19.2. The third kappa shape index (κ3) is 6.30. The van der Waals surface area contributed by atoms with Crippen molar-refractivity contribution < 1.29 is 24.2 Å². The fourth-order valence-electron chi connectivity index (χ4n) is 5.84. The minimum absolute atomic E-state index is 0.0689. The van der Waals surface area contributed by atoms with Crippen molar-refractivity contribution in [3.63, 3.8) is 0 Å². The number of carboxylic acid groups (broad SMARTS) is 1. The lowest BCUT2D eigenvalue weighted by Crippen LogP contribution is -2.57. The van der Waals surface area contributed by atoms with Crippen LogP contribution in [0.5, 0.6) is 11.5 Å². The second-order valence-corrected chi connectivity index (χ2v) is 12.4. The summed E-state index contributed by atoms with van der Waals surface area (Å²) in [6.07, 6.45) is 8.06. The maximum atomic E-state index is 13.4. The number of carbonyl (C=O) groups is 2. The first kappa shape index (κ1) is 28.1. The highest BCUT2D eigenvalue weighted by Gasteiger charge is 2.42. The van der Waals surface area contributed by atoms with Gasteiger partial charge in [-0.25, -0.2) is 4.79 Å². The van der Waals surface area contributed by atoms with E-state index in [2.05, 4.69) is 38.2 Å². The molecule has 2 aromatic rings. The molecule has 1 amide bonds. The van der Waals surface area contributed by atoms with Crippen LogP contribution in [0.1, 0.15) is 82.4 Å². The van der Waals surface area contributed by atoms with E-state index in [1.54, 1.807) is 0 Å². The predicted molar refractivity (Wildman–Crippen MR) is 156 cm³/mol. The van der Waals surface area contributed by atoms with Gasteiger partial charge in [0.2, 0.25) is 5.91 Å². The zero-order valence-electron chi connectivity index (χ0n) is 23.8. The van der Waals surface area contributed by atoms with Gasteiger partial charge in [0, 0.05) is 42.9 Å². The molecule has 0 unspecified atom stereocenters. The van der Waals surface area contributed by atoms with Gasteiger partial charge in [0.15, 0.2) is 0 Å². The summed E-state index contributed by atoms with van der Waals surface area (Å²) in [5.41, 5.74) is 3.30. The summed E-state index contributed by atoms with van der Waals surface area (Å²) >= 11 is 0. The molecule has 0 spiro atoms. The van der Waals surface area contributed by atoms with Gasteiger partial charge < -0.3 is 19.9 Å². The van der Waals surface area contributed by atoms with Crippen molar-refractivity contribution in [2.45, 2.75) is 76.7 Å². The topological polar surface area (TPSA) is 97.2 Å². The van der Waals surface area contributed by atoms with E-state index in [9.17, 15) is 14.7 Å². The first-order valence-electron chi connectivity index (χ1n) is 14.4. The molecule has 7 heteroatoms. The molecule has 5 rings (SSSR count). The molecule has 212 valence electrons. The number of amides is 1. The Morgan fingerprint density at radius 1 is 1.05 bits per heavy atom. The maximum Gasteiger partial charge on any atom is 0.329 e. The Labute approximate surface area is 236 Å². The lowest BCUT2D eigenvalue weighted by atomic mass is 9.87. The van der Waals surface area contributed by atoms with E-state index in [0.29, 0.717) is 24.7 Å². The van der Waals surface area contributed by atoms with Crippen LogP contribution in [0.25, 0.3) is 6.08 Å². The zero-order valence-corrected chi connectivity index (χ0v) is 23.8. The number of aliphatic imine (C=N–C) groups is 1. The van der Waals surface area contributed by atoms with Crippen LogP contribution in [0, 0.1) is 5.92 Å². The van der Waals surface area contributed by atoms with Gasteiger partial charge in [0.1, 0.15) is 17.0 Å². The van der Waals surface area contributed by atoms with Gasteiger partial charge in [-0.1, -0.05) is 64.7 Å². The standard InChI is InChI=1S/C33H40N2O5/c1-32(2,3)25-9-12-26(13-10-25)40-27-11-8-23-19-24(30(36)35-33(31(37)38)14-16-39-17-15-33)21-34-29(28(23)20-27)18-22-6-4-5-7-22/h8-13,19-20,22H,4-7,14-18,21H2,1-3H3,(H,35,36)(H,37,38). The zero-order chi connectivity index (χ0) is 28.3. The molecule has 2 aliphatic heterocycles. The number of hydrogen-bond acceptors (Lipinski definition) is 5. The number of fused-ring (bicyclic) bond motifs is 1. The number of nitrogens with one attached hydrogen (secondary N) is 1. The Balaban J connectivity index is 1.43. The third-order valence-electron chi connectivity index (χ3n) is 8.42. The van der Waals surface area contributed by atoms with Crippen LogP contribution >= 0.6 is 0 Å². The minimum Gasteiger partial charge on any atom is -0.480 e. The van der Waals surface area contributed by atoms with E-state index in [1.165, 1.54) is 31.2 Å². The number of ether oxygens (including phenoxy) is 2. The van der Waals surface area contributed by atoms with Crippen LogP contribution in [-0.2, 0) is 19.7 Å². The van der Waals surface area contributed by atoms with E-state index in [4.69, 9.17) is 14.5 Å². The molecule has 0 radical (unpaired) electrons. The van der Waals surface area contributed by atoms with E-state index in [0.717, 1.165) is 34.8 Å². The summed E-state index contributed by atoms with van der Waals surface area (Å²) in [5.74, 6) is 0.646. The molecule has 7 nitrogen and oxygen atoms in total. The van der Waals surface area contributed by atoms with E-state index >= 15 is 0 Å². The molecule has 2 heterocycles. The van der Waals surface area contributed by atoms with Gasteiger partial charge in [0.05, 0.1) is 6.54 Å². The number of rotatable bonds is 7. The van der Waals surface area contributed by atoms with Crippen molar-refractivity contribution >= 4 is 23.7 Å². The smallest absolute Gasteiger partial charge is 0.329 e. The summed E-state index contributed by atoms with van der Waals surface area (Å²) in [4.78, 5) is 30.5. The number of carboxylic acids is 1. The molecular formula is C33H40N2O5. The second-order valence-electron chi connectivity index (χ2n) is 12.4. The monoisotopic (exact) mass is 544 g/mol. The number of benzene rings is 2. The number of aliphatic carboxylic acids is 1. The molecule has 0 atom stereocenters. The molecular weight excluding hydrogens is 504 g/mol. The molecule has 2 aromatic carbocycles. The molecule has 2 N–H and O–H groups in total. The van der Waals surface area contributed by atoms with Gasteiger partial charge in [-0.05, 0) is 59.2 Å². The van der Waals surface area contributed by atoms with Crippen LogP contribution in [-0.4, -0.2) is 48.0 Å². The lowest BCUT2D eigenvalue weighted by Gasteiger charge is -2.34. The van der Waals surface area contributed by atoms with Crippen LogP contribution in [0.15, 0.2) is 53.0 Å². The molecule has 1 aliphatic carbocycles. The Kier molecular flexibility index (Phi) is 8.13. The van der Waals surface area contributed by atoms with Crippen molar-refractivity contribution in [1.29, 1.82) is 0 Å². The van der Waals surface area contributed by atoms with Gasteiger partial charge in [-0.3, -0.25) is 9.79 Å². The van der Waals surface area contributed by atoms with Crippen molar-refractivity contribution in [3.8, 4) is 11.5 Å². The van der Waals surface area contributed by atoms with Crippen molar-refractivity contribution in [2.75, 3.05) is 19.8 Å². The highest BCUT2D eigenvalue weighted by atomic mass is 16.5. The second kappa shape index (κ2) is 11.6. The summed E-state index contributed by atoms with van der Waals surface area (Å²) in [7, 11) is 0. The number of nitrogens with zero attached hydrogens (tertiary/aromatic N) is 1. The van der Waals surface area contributed by atoms with Crippen LogP contribution in [0.4, 0.5) is 0 Å². The van der Waals surface area contributed by atoms with Gasteiger partial charge in [0.25, 0.3) is 0 Å². The summed E-state index contributed by atoms with van der Waals surface area (Å²) in [6, 6.07) is 14.1. The van der Waals surface area contributed by atoms with E-state index in [-0.39, 0.29) is 30.7 Å².